The molecule has 1 aliphatic rings. The van der Waals surface area contributed by atoms with Crippen LogP contribution >= 0.6 is 0 Å². The molecule has 0 radical (unpaired) electrons. The number of hydrogen-bond donors (Lipinski definition) is 2. The van der Waals surface area contributed by atoms with Crippen LogP contribution in [0.4, 0.5) is 4.79 Å². The number of carbonyl (C=O) groups excluding carboxylic acids is 2. The molecule has 0 aliphatic carbocycles. The lowest BCUT2D eigenvalue weighted by molar-refractivity contribution is -0.131. The molecular formula is C16H19N3O4. The van der Waals surface area contributed by atoms with E-state index in [1.54, 1.807) is 38.1 Å². The smallest absolute Gasteiger partial charge is 0.325 e. The second-order valence-corrected chi connectivity index (χ2v) is 5.91. The topological polar surface area (TPSA) is 103 Å². The zero-order valence-corrected chi connectivity index (χ0v) is 13.1. The van der Waals surface area contributed by atoms with Crippen molar-refractivity contribution in [1.82, 2.24) is 10.2 Å². The molecule has 1 saturated heterocycles. The van der Waals surface area contributed by atoms with Crippen LogP contribution in [0.1, 0.15) is 19.4 Å². The largest absolute Gasteiger partial charge is 0.491 e. The minimum atomic E-state index is -0.989. The lowest BCUT2D eigenvalue weighted by atomic mass is 10.1. The van der Waals surface area contributed by atoms with Crippen molar-refractivity contribution in [3.8, 4) is 11.8 Å². The van der Waals surface area contributed by atoms with Crippen LogP contribution in [0, 0.1) is 11.3 Å². The summed E-state index contributed by atoms with van der Waals surface area (Å²) in [6.45, 7) is 3.05. The average Bonchev–Trinajstić information content (AvgIpc) is 2.69. The molecule has 1 aliphatic heterocycles. The van der Waals surface area contributed by atoms with Crippen molar-refractivity contribution >= 4 is 11.9 Å². The standard InChI is InChI=1S/C16H19N3O4/c1-16(2)14(21)19(15(22)18-16)9-12(20)10-23-13-5-3-11(4-6-13)7-8-17/h3-6,12,20H,7,9-10H2,1-2H3,(H,18,22)/t12-/m1/s1. The Hall–Kier alpha value is -2.59. The van der Waals surface area contributed by atoms with Crippen molar-refractivity contribution in [2.45, 2.75) is 31.9 Å². The number of carbonyl (C=O) groups is 2. The van der Waals surface area contributed by atoms with E-state index in [1.807, 2.05) is 0 Å². The molecule has 1 fully saturated rings. The zero-order chi connectivity index (χ0) is 17.0. The molecule has 1 atom stereocenters. The van der Waals surface area contributed by atoms with Crippen molar-refractivity contribution in [3.63, 3.8) is 0 Å². The molecule has 0 unspecified atom stereocenters. The summed E-state index contributed by atoms with van der Waals surface area (Å²) >= 11 is 0. The van der Waals surface area contributed by atoms with Crippen LogP contribution in [0.3, 0.4) is 0 Å². The lowest BCUT2D eigenvalue weighted by Gasteiger charge is -2.19. The van der Waals surface area contributed by atoms with Crippen LogP contribution in [0.25, 0.3) is 0 Å². The van der Waals surface area contributed by atoms with Gasteiger partial charge in [0.1, 0.15) is 24.0 Å². The van der Waals surface area contributed by atoms with Gasteiger partial charge in [-0.3, -0.25) is 9.69 Å². The normalized spacial score (nSPS) is 17.6. The minimum Gasteiger partial charge on any atom is -0.491 e. The van der Waals surface area contributed by atoms with Crippen molar-refractivity contribution < 1.29 is 19.4 Å². The number of imide groups is 1. The van der Waals surface area contributed by atoms with Gasteiger partial charge in [0.15, 0.2) is 0 Å². The summed E-state index contributed by atoms with van der Waals surface area (Å²) in [6.07, 6.45) is -0.664. The number of nitrogens with zero attached hydrogens (tertiary/aromatic N) is 2. The molecule has 1 aromatic rings. The highest BCUT2D eigenvalue weighted by Crippen LogP contribution is 2.17. The Kier molecular flexibility index (Phi) is 4.86. The minimum absolute atomic E-state index is 0.0465. The predicted molar refractivity (Wildman–Crippen MR) is 81.6 cm³/mol. The number of ether oxygens (including phenoxy) is 1. The molecule has 0 bridgehead atoms. The van der Waals surface area contributed by atoms with Gasteiger partial charge in [-0.2, -0.15) is 5.26 Å². The molecule has 1 heterocycles. The molecule has 0 aromatic heterocycles. The Balaban J connectivity index is 1.86. The van der Waals surface area contributed by atoms with Gasteiger partial charge in [0.05, 0.1) is 19.0 Å². The fraction of sp³-hybridized carbons (Fsp3) is 0.438. The van der Waals surface area contributed by atoms with Crippen LogP contribution in [-0.2, 0) is 11.2 Å². The van der Waals surface area contributed by atoms with E-state index < -0.39 is 17.7 Å². The predicted octanol–water partition coefficient (Wildman–Crippen LogP) is 0.823. The molecule has 23 heavy (non-hydrogen) atoms. The van der Waals surface area contributed by atoms with Gasteiger partial charge in [-0.15, -0.1) is 0 Å². The summed E-state index contributed by atoms with van der Waals surface area (Å²) in [5.74, 6) is 0.172. The number of rotatable bonds is 6. The highest BCUT2D eigenvalue weighted by Gasteiger charge is 2.44. The summed E-state index contributed by atoms with van der Waals surface area (Å²) in [4.78, 5) is 24.7. The lowest BCUT2D eigenvalue weighted by Crippen LogP contribution is -2.42. The third kappa shape index (κ3) is 3.99. The second kappa shape index (κ2) is 6.67. The van der Waals surface area contributed by atoms with Gasteiger partial charge in [0.2, 0.25) is 0 Å². The molecule has 122 valence electrons. The molecule has 1 aromatic carbocycles. The number of hydrogen-bond acceptors (Lipinski definition) is 5. The van der Waals surface area contributed by atoms with Gasteiger partial charge in [-0.1, -0.05) is 12.1 Å². The number of aliphatic hydroxyl groups excluding tert-OH is 1. The molecule has 7 heteroatoms. The number of aliphatic hydroxyl groups is 1. The van der Waals surface area contributed by atoms with E-state index in [2.05, 4.69) is 11.4 Å². The van der Waals surface area contributed by atoms with Crippen molar-refractivity contribution in [2.24, 2.45) is 0 Å². The van der Waals surface area contributed by atoms with Gasteiger partial charge >= 0.3 is 6.03 Å². The van der Waals surface area contributed by atoms with Crippen LogP contribution in [-0.4, -0.2) is 46.7 Å². The van der Waals surface area contributed by atoms with E-state index in [9.17, 15) is 14.7 Å². The first-order valence-electron chi connectivity index (χ1n) is 7.24. The Labute approximate surface area is 134 Å². The summed E-state index contributed by atoms with van der Waals surface area (Å²) in [5.41, 5.74) is -0.0733. The zero-order valence-electron chi connectivity index (χ0n) is 13.1. The Morgan fingerprint density at radius 1 is 1.35 bits per heavy atom. The Bertz CT molecular complexity index is 634. The maximum Gasteiger partial charge on any atom is 0.325 e. The molecule has 0 spiro atoms. The number of benzene rings is 1. The van der Waals surface area contributed by atoms with E-state index in [4.69, 9.17) is 10.00 Å². The maximum absolute atomic E-state index is 12.0. The summed E-state index contributed by atoms with van der Waals surface area (Å²) in [6, 6.07) is 8.49. The summed E-state index contributed by atoms with van der Waals surface area (Å²) in [5, 5.41) is 21.1. The molecule has 0 saturated carbocycles. The summed E-state index contributed by atoms with van der Waals surface area (Å²) < 4.78 is 5.43. The van der Waals surface area contributed by atoms with Crippen molar-refractivity contribution in [2.75, 3.05) is 13.2 Å². The first kappa shape index (κ1) is 16.8. The van der Waals surface area contributed by atoms with Gasteiger partial charge in [-0.05, 0) is 31.5 Å². The monoisotopic (exact) mass is 317 g/mol. The first-order chi connectivity index (χ1) is 10.8. The van der Waals surface area contributed by atoms with Gasteiger partial charge < -0.3 is 15.2 Å². The van der Waals surface area contributed by atoms with E-state index in [0.29, 0.717) is 12.2 Å². The van der Waals surface area contributed by atoms with E-state index in [1.165, 1.54) is 0 Å². The van der Waals surface area contributed by atoms with E-state index in [0.717, 1.165) is 10.5 Å². The van der Waals surface area contributed by atoms with Gasteiger partial charge in [0.25, 0.3) is 5.91 Å². The highest BCUT2D eigenvalue weighted by molar-refractivity contribution is 6.06. The average molecular weight is 317 g/mol. The van der Waals surface area contributed by atoms with Crippen LogP contribution in [0.2, 0.25) is 0 Å². The molecule has 7 nitrogen and oxygen atoms in total. The second-order valence-electron chi connectivity index (χ2n) is 5.91. The number of nitriles is 1. The van der Waals surface area contributed by atoms with Gasteiger partial charge in [0, 0.05) is 0 Å². The van der Waals surface area contributed by atoms with Gasteiger partial charge in [-0.25, -0.2) is 4.79 Å². The quantitative estimate of drug-likeness (QED) is 0.756. The fourth-order valence-electron chi connectivity index (χ4n) is 2.23. The van der Waals surface area contributed by atoms with Crippen LogP contribution in [0.15, 0.2) is 24.3 Å². The van der Waals surface area contributed by atoms with E-state index in [-0.39, 0.29) is 19.1 Å². The SMILES string of the molecule is CC1(C)NC(=O)N(C[C@@H](O)COc2ccc(CC#N)cc2)C1=O. The van der Waals surface area contributed by atoms with Crippen LogP contribution in [0.5, 0.6) is 5.75 Å². The third-order valence-corrected chi connectivity index (χ3v) is 3.49. The third-order valence-electron chi connectivity index (χ3n) is 3.49. The summed E-state index contributed by atoms with van der Waals surface area (Å²) in [7, 11) is 0. The Morgan fingerprint density at radius 2 is 2.00 bits per heavy atom. The number of nitrogens with one attached hydrogen (secondary N) is 1. The number of amides is 3. The number of urea groups is 1. The van der Waals surface area contributed by atoms with Crippen molar-refractivity contribution in [1.29, 1.82) is 5.26 Å². The van der Waals surface area contributed by atoms with E-state index >= 15 is 0 Å². The molecule has 2 rings (SSSR count). The molecule has 2 N–H and O–H groups in total. The number of β-amino-alcohol motifs (C(OH)–C–C–N with tert-alkyl or cyclic N) is 1. The first-order valence-corrected chi connectivity index (χ1v) is 7.24. The maximum atomic E-state index is 12.0. The van der Waals surface area contributed by atoms with Crippen LogP contribution < -0.4 is 10.1 Å². The highest BCUT2D eigenvalue weighted by atomic mass is 16.5. The molecule has 3 amide bonds. The van der Waals surface area contributed by atoms with Crippen molar-refractivity contribution in [3.05, 3.63) is 29.8 Å². The fourth-order valence-corrected chi connectivity index (χ4v) is 2.23. The Morgan fingerprint density at radius 3 is 2.52 bits per heavy atom. The molecular weight excluding hydrogens is 298 g/mol.